The lowest BCUT2D eigenvalue weighted by molar-refractivity contribution is -0.135. The van der Waals surface area contributed by atoms with Crippen LogP contribution in [0.3, 0.4) is 0 Å². The molecule has 5 rings (SSSR count). The van der Waals surface area contributed by atoms with Gasteiger partial charge in [0, 0.05) is 35.9 Å². The Kier molecular flexibility index (Phi) is 7.04. The molecule has 0 radical (unpaired) electrons. The second-order valence-corrected chi connectivity index (χ2v) is 9.73. The number of hydrogen-bond acceptors (Lipinski definition) is 7. The highest BCUT2D eigenvalue weighted by Gasteiger charge is 2.35. The second kappa shape index (κ2) is 10.5. The fraction of sp³-hybridized carbons (Fsp3) is 0.333. The van der Waals surface area contributed by atoms with E-state index in [9.17, 15) is 19.5 Å². The monoisotopic (exact) mass is 499 g/mol. The number of aromatic hydroxyl groups is 1. The standard InChI is InChI=1S/C30H29NO6/c1-18-7-5-11-22(32)10-4-2-3-8-21-16-25-28(29(34)27(21)30(35)36-18)23(17-26(33)37-25)19-12-13-24-20(15-19)9-6-14-31-24/h3,6,8-9,12-16,18,23,34H,2,4-5,7,10-11,17H2,1H3/t18-,23+/m0/s1. The summed E-state index contributed by atoms with van der Waals surface area (Å²) in [4.78, 5) is 42.4. The van der Waals surface area contributed by atoms with Crippen LogP contribution >= 0.6 is 0 Å². The summed E-state index contributed by atoms with van der Waals surface area (Å²) in [6, 6.07) is 11.1. The van der Waals surface area contributed by atoms with Crippen molar-refractivity contribution in [2.24, 2.45) is 0 Å². The van der Waals surface area contributed by atoms with Crippen molar-refractivity contribution in [1.82, 2.24) is 4.98 Å². The third-order valence-corrected chi connectivity index (χ3v) is 7.01. The van der Waals surface area contributed by atoms with Gasteiger partial charge >= 0.3 is 11.9 Å². The molecule has 1 N–H and O–H groups in total. The summed E-state index contributed by atoms with van der Waals surface area (Å²) in [5, 5.41) is 12.4. The molecule has 0 saturated carbocycles. The van der Waals surface area contributed by atoms with E-state index >= 15 is 0 Å². The summed E-state index contributed by atoms with van der Waals surface area (Å²) >= 11 is 0. The van der Waals surface area contributed by atoms with E-state index < -0.39 is 24.0 Å². The lowest BCUT2D eigenvalue weighted by atomic mass is 9.83. The zero-order chi connectivity index (χ0) is 25.9. The molecular weight excluding hydrogens is 470 g/mol. The first-order valence-corrected chi connectivity index (χ1v) is 12.7. The van der Waals surface area contributed by atoms with Crippen molar-refractivity contribution in [2.45, 2.75) is 63.9 Å². The molecule has 0 saturated heterocycles. The van der Waals surface area contributed by atoms with Crippen LogP contribution < -0.4 is 4.74 Å². The van der Waals surface area contributed by atoms with Gasteiger partial charge in [0.15, 0.2) is 0 Å². The molecule has 7 nitrogen and oxygen atoms in total. The molecule has 0 unspecified atom stereocenters. The van der Waals surface area contributed by atoms with Crippen LogP contribution in [0.1, 0.15) is 84.8 Å². The topological polar surface area (TPSA) is 103 Å². The number of carbonyl (C=O) groups excluding carboxylic acids is 3. The number of ketones is 1. The molecule has 2 aromatic carbocycles. The molecule has 0 spiro atoms. The number of hydrogen-bond donors (Lipinski definition) is 1. The molecule has 190 valence electrons. The number of aromatic nitrogens is 1. The van der Waals surface area contributed by atoms with Gasteiger partial charge in [-0.2, -0.15) is 0 Å². The summed E-state index contributed by atoms with van der Waals surface area (Å²) in [5.74, 6) is -1.36. The first-order chi connectivity index (χ1) is 17.9. The number of fused-ring (bicyclic) bond motifs is 3. The number of carbonyl (C=O) groups is 3. The van der Waals surface area contributed by atoms with Gasteiger partial charge < -0.3 is 14.6 Å². The Morgan fingerprint density at radius 1 is 1.05 bits per heavy atom. The van der Waals surface area contributed by atoms with Crippen molar-refractivity contribution < 1.29 is 29.0 Å². The number of allylic oxidation sites excluding steroid dienone is 1. The van der Waals surface area contributed by atoms with Gasteiger partial charge in [-0.05, 0) is 68.0 Å². The molecule has 0 bridgehead atoms. The van der Waals surface area contributed by atoms with E-state index in [2.05, 4.69) is 4.98 Å². The molecule has 7 heteroatoms. The fourth-order valence-corrected chi connectivity index (χ4v) is 5.11. The molecular formula is C30H29NO6. The second-order valence-electron chi connectivity index (χ2n) is 9.73. The molecule has 3 heterocycles. The predicted octanol–water partition coefficient (Wildman–Crippen LogP) is 5.86. The molecule has 2 atom stereocenters. The molecule has 0 aliphatic carbocycles. The van der Waals surface area contributed by atoms with Crippen LogP contribution in [-0.2, 0) is 14.3 Å². The highest BCUT2D eigenvalue weighted by molar-refractivity contribution is 5.98. The van der Waals surface area contributed by atoms with Gasteiger partial charge in [-0.15, -0.1) is 0 Å². The van der Waals surface area contributed by atoms with E-state index in [1.807, 2.05) is 36.4 Å². The third-order valence-electron chi connectivity index (χ3n) is 7.01. The van der Waals surface area contributed by atoms with Crippen LogP contribution in [0.15, 0.2) is 48.7 Å². The number of rotatable bonds is 1. The summed E-state index contributed by atoms with van der Waals surface area (Å²) in [5.41, 5.74) is 2.50. The number of esters is 2. The van der Waals surface area contributed by atoms with Crippen LogP contribution in [0.2, 0.25) is 0 Å². The van der Waals surface area contributed by atoms with Gasteiger partial charge in [0.2, 0.25) is 0 Å². The molecule has 2 aliphatic heterocycles. The number of Topliss-reactive ketones (excluding diaryl/α,β-unsaturated/α-hetero) is 1. The number of ether oxygens (including phenoxy) is 2. The van der Waals surface area contributed by atoms with E-state index in [-0.39, 0.29) is 29.3 Å². The third kappa shape index (κ3) is 5.26. The lowest BCUT2D eigenvalue weighted by Gasteiger charge is -2.28. The summed E-state index contributed by atoms with van der Waals surface area (Å²) < 4.78 is 11.2. The minimum absolute atomic E-state index is 0.0282. The smallest absolute Gasteiger partial charge is 0.342 e. The average Bonchev–Trinajstić information content (AvgIpc) is 2.87. The minimum atomic E-state index is -0.644. The first-order valence-electron chi connectivity index (χ1n) is 12.7. The van der Waals surface area contributed by atoms with E-state index in [0.29, 0.717) is 49.7 Å². The molecule has 3 aromatic rings. The predicted molar refractivity (Wildman–Crippen MR) is 139 cm³/mol. The first kappa shape index (κ1) is 24.7. The van der Waals surface area contributed by atoms with Crippen molar-refractivity contribution in [3.8, 4) is 11.5 Å². The average molecular weight is 500 g/mol. The van der Waals surface area contributed by atoms with Crippen molar-refractivity contribution in [3.05, 3.63) is 70.9 Å². The van der Waals surface area contributed by atoms with Gasteiger partial charge in [0.05, 0.1) is 18.0 Å². The maximum Gasteiger partial charge on any atom is 0.342 e. The van der Waals surface area contributed by atoms with E-state index in [1.165, 1.54) is 0 Å². The molecule has 2 aliphatic rings. The van der Waals surface area contributed by atoms with Crippen molar-refractivity contribution in [1.29, 1.82) is 0 Å². The van der Waals surface area contributed by atoms with Crippen LogP contribution in [0.5, 0.6) is 11.5 Å². The Labute approximate surface area is 215 Å². The number of phenolic OH excluding ortho intramolecular Hbond substituents is 1. The van der Waals surface area contributed by atoms with Gasteiger partial charge in [-0.25, -0.2) is 4.79 Å². The van der Waals surface area contributed by atoms with Crippen LogP contribution in [-0.4, -0.2) is 33.9 Å². The maximum atomic E-state index is 13.3. The van der Waals surface area contributed by atoms with Crippen LogP contribution in [0, 0.1) is 0 Å². The zero-order valence-electron chi connectivity index (χ0n) is 20.7. The van der Waals surface area contributed by atoms with Crippen LogP contribution in [0.4, 0.5) is 0 Å². The summed E-state index contributed by atoms with van der Waals surface area (Å²) in [6.07, 6.45) is 8.41. The fourth-order valence-electron chi connectivity index (χ4n) is 5.11. The Hall–Kier alpha value is -4.00. The number of cyclic esters (lactones) is 1. The Bertz CT molecular complexity index is 1410. The Morgan fingerprint density at radius 2 is 1.89 bits per heavy atom. The van der Waals surface area contributed by atoms with Gasteiger partial charge in [0.25, 0.3) is 0 Å². The van der Waals surface area contributed by atoms with Crippen molar-refractivity contribution in [2.75, 3.05) is 0 Å². The maximum absolute atomic E-state index is 13.3. The molecule has 0 fully saturated rings. The van der Waals surface area contributed by atoms with E-state index in [4.69, 9.17) is 9.47 Å². The van der Waals surface area contributed by atoms with Gasteiger partial charge in [-0.3, -0.25) is 14.6 Å². The lowest BCUT2D eigenvalue weighted by Crippen LogP contribution is -2.23. The Morgan fingerprint density at radius 3 is 2.76 bits per heavy atom. The van der Waals surface area contributed by atoms with Gasteiger partial charge in [0.1, 0.15) is 22.8 Å². The largest absolute Gasteiger partial charge is 0.507 e. The van der Waals surface area contributed by atoms with Crippen molar-refractivity contribution >= 4 is 34.7 Å². The highest BCUT2D eigenvalue weighted by atomic mass is 16.5. The van der Waals surface area contributed by atoms with Gasteiger partial charge in [-0.1, -0.05) is 24.3 Å². The summed E-state index contributed by atoms with van der Waals surface area (Å²) in [6.45, 7) is 1.78. The van der Waals surface area contributed by atoms with E-state index in [1.54, 1.807) is 25.3 Å². The SMILES string of the molecule is C[C@H]1CCCC(=O)CCCC=Cc2cc3c(c(O)c2C(=O)O1)[C@@H](c1ccc2ncccc2c1)CC(=O)O3. The quantitative estimate of drug-likeness (QED) is 0.330. The highest BCUT2D eigenvalue weighted by Crippen LogP contribution is 2.47. The molecule has 1 aromatic heterocycles. The minimum Gasteiger partial charge on any atom is -0.507 e. The van der Waals surface area contributed by atoms with E-state index in [0.717, 1.165) is 16.5 Å². The normalized spacial score (nSPS) is 20.9. The molecule has 0 amide bonds. The van der Waals surface area contributed by atoms with Crippen LogP contribution in [0.25, 0.3) is 17.0 Å². The zero-order valence-corrected chi connectivity index (χ0v) is 20.7. The summed E-state index contributed by atoms with van der Waals surface area (Å²) in [7, 11) is 0. The number of nitrogens with zero attached hydrogens (tertiary/aromatic N) is 1. The number of benzene rings is 2. The number of phenols is 1. The molecule has 37 heavy (non-hydrogen) atoms. The Balaban J connectivity index is 1.61. The number of pyridine rings is 1. The van der Waals surface area contributed by atoms with Crippen molar-refractivity contribution in [3.63, 3.8) is 0 Å².